The van der Waals surface area contributed by atoms with Crippen LogP contribution in [0.5, 0.6) is 0 Å². The van der Waals surface area contributed by atoms with Crippen LogP contribution in [0.15, 0.2) is 47.1 Å². The molecule has 3 aromatic rings. The van der Waals surface area contributed by atoms with Gasteiger partial charge in [0.15, 0.2) is 5.78 Å². The number of rotatable bonds is 2. The van der Waals surface area contributed by atoms with Crippen molar-refractivity contribution in [2.24, 2.45) is 0 Å². The number of fused-ring (bicyclic) bond motifs is 1. The second kappa shape index (κ2) is 4.83. The van der Waals surface area contributed by atoms with Gasteiger partial charge in [-0.15, -0.1) is 0 Å². The summed E-state index contributed by atoms with van der Waals surface area (Å²) in [5.74, 6) is -1.05. The van der Waals surface area contributed by atoms with Gasteiger partial charge in [-0.2, -0.15) is 0 Å². The fourth-order valence-electron chi connectivity index (χ4n) is 2.08. The Balaban J connectivity index is 2.10. The maximum absolute atomic E-state index is 13.2. The van der Waals surface area contributed by atoms with Crippen LogP contribution in [-0.2, 0) is 0 Å². The maximum Gasteiger partial charge on any atom is 0.195 e. The van der Waals surface area contributed by atoms with E-state index in [0.29, 0.717) is 22.0 Å². The molecule has 0 aliphatic rings. The fraction of sp³-hybridized carbons (Fsp3) is 0. The van der Waals surface area contributed by atoms with E-state index in [-0.39, 0.29) is 16.1 Å². The lowest BCUT2D eigenvalue weighted by Gasteiger charge is -2.01. The normalized spacial score (nSPS) is 10.9. The quantitative estimate of drug-likeness (QED) is 0.690. The number of ketones is 1. The van der Waals surface area contributed by atoms with E-state index in [4.69, 9.17) is 0 Å². The van der Waals surface area contributed by atoms with Gasteiger partial charge in [-0.1, -0.05) is 0 Å². The molecule has 0 unspecified atom stereocenters. The van der Waals surface area contributed by atoms with Crippen LogP contribution in [0.2, 0.25) is 0 Å². The van der Waals surface area contributed by atoms with Gasteiger partial charge in [0, 0.05) is 28.2 Å². The number of halogens is 3. The summed E-state index contributed by atoms with van der Waals surface area (Å²) < 4.78 is 26.5. The number of aromatic nitrogens is 1. The average molecular weight is 336 g/mol. The van der Waals surface area contributed by atoms with Gasteiger partial charge in [-0.25, -0.2) is 8.78 Å². The van der Waals surface area contributed by atoms with Crippen LogP contribution in [-0.4, -0.2) is 10.8 Å². The topological polar surface area (TPSA) is 32.9 Å². The Labute approximate surface area is 121 Å². The van der Waals surface area contributed by atoms with Gasteiger partial charge >= 0.3 is 0 Å². The van der Waals surface area contributed by atoms with E-state index < -0.39 is 5.82 Å². The van der Waals surface area contributed by atoms with E-state index in [2.05, 4.69) is 20.9 Å². The smallest absolute Gasteiger partial charge is 0.195 e. The molecule has 0 amide bonds. The van der Waals surface area contributed by atoms with E-state index in [1.54, 1.807) is 6.07 Å². The van der Waals surface area contributed by atoms with Crippen LogP contribution in [0.4, 0.5) is 8.78 Å². The minimum Gasteiger partial charge on any atom is -0.360 e. The molecule has 1 heterocycles. The van der Waals surface area contributed by atoms with Crippen molar-refractivity contribution in [1.29, 1.82) is 0 Å². The lowest BCUT2D eigenvalue weighted by atomic mass is 10.0. The Hall–Kier alpha value is -2.01. The highest BCUT2D eigenvalue weighted by atomic mass is 79.9. The van der Waals surface area contributed by atoms with Crippen LogP contribution >= 0.6 is 15.9 Å². The number of hydrogen-bond acceptors (Lipinski definition) is 1. The van der Waals surface area contributed by atoms with Gasteiger partial charge in [-0.05, 0) is 52.3 Å². The lowest BCUT2D eigenvalue weighted by Crippen LogP contribution is -2.00. The number of carbonyl (C=O) groups excluding carboxylic acids is 1. The summed E-state index contributed by atoms with van der Waals surface area (Å²) in [7, 11) is 0. The molecule has 0 saturated heterocycles. The minimum atomic E-state index is -0.428. The molecule has 5 heteroatoms. The highest BCUT2D eigenvalue weighted by Gasteiger charge is 2.15. The lowest BCUT2D eigenvalue weighted by molar-refractivity contribution is 0.104. The van der Waals surface area contributed by atoms with Crippen LogP contribution in [0.25, 0.3) is 10.9 Å². The van der Waals surface area contributed by atoms with E-state index in [1.807, 2.05) is 0 Å². The summed E-state index contributed by atoms with van der Waals surface area (Å²) in [6.07, 6.45) is 1.53. The van der Waals surface area contributed by atoms with Crippen molar-refractivity contribution in [2.75, 3.05) is 0 Å². The van der Waals surface area contributed by atoms with Crippen molar-refractivity contribution in [2.45, 2.75) is 0 Å². The molecule has 0 radical (unpaired) electrons. The molecule has 2 aromatic carbocycles. The second-order valence-electron chi connectivity index (χ2n) is 4.35. The third-order valence-electron chi connectivity index (χ3n) is 3.07. The van der Waals surface area contributed by atoms with E-state index in [0.717, 1.165) is 0 Å². The van der Waals surface area contributed by atoms with Crippen LogP contribution in [0.1, 0.15) is 15.9 Å². The molecule has 100 valence electrons. The first-order valence-corrected chi connectivity index (χ1v) is 6.62. The van der Waals surface area contributed by atoms with Crippen LogP contribution < -0.4 is 0 Å². The van der Waals surface area contributed by atoms with Gasteiger partial charge in [-0.3, -0.25) is 4.79 Å². The molecule has 0 atom stereocenters. The summed E-state index contributed by atoms with van der Waals surface area (Å²) >= 11 is 3.05. The number of carbonyl (C=O) groups is 1. The Morgan fingerprint density at radius 1 is 1.10 bits per heavy atom. The molecule has 3 rings (SSSR count). The number of aromatic amines is 1. The number of nitrogens with one attached hydrogen (secondary N) is 1. The summed E-state index contributed by atoms with van der Waals surface area (Å²) in [6.45, 7) is 0. The Morgan fingerprint density at radius 3 is 2.65 bits per heavy atom. The summed E-state index contributed by atoms with van der Waals surface area (Å²) in [5, 5.41) is 0.636. The molecule has 1 aromatic heterocycles. The molecule has 1 N–H and O–H groups in total. The SMILES string of the molecule is O=C(c1ccc(F)c(Br)c1)c1c[nH]c2cc(F)ccc12. The van der Waals surface area contributed by atoms with E-state index in [1.165, 1.54) is 36.5 Å². The van der Waals surface area contributed by atoms with Gasteiger partial charge in [0.1, 0.15) is 11.6 Å². The van der Waals surface area contributed by atoms with Crippen LogP contribution in [0, 0.1) is 11.6 Å². The molecule has 0 fully saturated rings. The average Bonchev–Trinajstić information content (AvgIpc) is 2.84. The van der Waals surface area contributed by atoms with Gasteiger partial charge in [0.05, 0.1) is 4.47 Å². The van der Waals surface area contributed by atoms with Gasteiger partial charge < -0.3 is 4.98 Å². The minimum absolute atomic E-state index is 0.231. The van der Waals surface area contributed by atoms with Crippen LogP contribution in [0.3, 0.4) is 0 Å². The monoisotopic (exact) mass is 335 g/mol. The first-order valence-electron chi connectivity index (χ1n) is 5.82. The first kappa shape index (κ1) is 13.0. The standard InChI is InChI=1S/C15H8BrF2NO/c16-12-5-8(1-4-13(12)18)15(20)11-7-19-14-6-9(17)2-3-10(11)14/h1-7,19H. The van der Waals surface area contributed by atoms with Crippen molar-refractivity contribution in [3.8, 4) is 0 Å². The second-order valence-corrected chi connectivity index (χ2v) is 5.20. The first-order chi connectivity index (χ1) is 9.56. The highest BCUT2D eigenvalue weighted by Crippen LogP contribution is 2.24. The van der Waals surface area contributed by atoms with Crippen molar-refractivity contribution < 1.29 is 13.6 Å². The molecule has 0 aliphatic carbocycles. The van der Waals surface area contributed by atoms with E-state index >= 15 is 0 Å². The highest BCUT2D eigenvalue weighted by molar-refractivity contribution is 9.10. The maximum atomic E-state index is 13.2. The number of hydrogen-bond donors (Lipinski definition) is 1. The van der Waals surface area contributed by atoms with Crippen molar-refractivity contribution in [3.05, 3.63) is 69.8 Å². The molecule has 0 aliphatic heterocycles. The Morgan fingerprint density at radius 2 is 1.90 bits per heavy atom. The van der Waals surface area contributed by atoms with Crippen molar-refractivity contribution in [3.63, 3.8) is 0 Å². The van der Waals surface area contributed by atoms with Gasteiger partial charge in [0.25, 0.3) is 0 Å². The molecular formula is C15H8BrF2NO. The summed E-state index contributed by atoms with van der Waals surface area (Å²) in [5.41, 5.74) is 1.34. The zero-order valence-electron chi connectivity index (χ0n) is 10.1. The number of H-pyrrole nitrogens is 1. The number of benzene rings is 2. The van der Waals surface area contributed by atoms with Gasteiger partial charge in [0.2, 0.25) is 0 Å². The molecule has 0 bridgehead atoms. The predicted molar refractivity (Wildman–Crippen MR) is 75.8 cm³/mol. The molecular weight excluding hydrogens is 328 g/mol. The molecule has 0 spiro atoms. The molecule has 20 heavy (non-hydrogen) atoms. The molecule has 2 nitrogen and oxygen atoms in total. The third-order valence-corrected chi connectivity index (χ3v) is 3.68. The zero-order valence-corrected chi connectivity index (χ0v) is 11.7. The Bertz CT molecular complexity index is 826. The molecule has 0 saturated carbocycles. The summed E-state index contributed by atoms with van der Waals surface area (Å²) in [6, 6.07) is 8.25. The van der Waals surface area contributed by atoms with E-state index in [9.17, 15) is 13.6 Å². The largest absolute Gasteiger partial charge is 0.360 e. The summed E-state index contributed by atoms with van der Waals surface area (Å²) in [4.78, 5) is 15.3. The predicted octanol–water partition coefficient (Wildman–Crippen LogP) is 4.44. The Kier molecular flexibility index (Phi) is 3.14. The fourth-order valence-corrected chi connectivity index (χ4v) is 2.46. The van der Waals surface area contributed by atoms with Crippen molar-refractivity contribution >= 4 is 32.6 Å². The third kappa shape index (κ3) is 2.14. The zero-order chi connectivity index (χ0) is 14.3. The van der Waals surface area contributed by atoms with Crippen molar-refractivity contribution in [1.82, 2.24) is 4.98 Å².